The highest BCUT2D eigenvalue weighted by molar-refractivity contribution is 9.10. The van der Waals surface area contributed by atoms with Crippen molar-refractivity contribution in [3.05, 3.63) is 59.1 Å². The van der Waals surface area contributed by atoms with Crippen molar-refractivity contribution in [3.63, 3.8) is 0 Å². The molecule has 0 N–H and O–H groups in total. The van der Waals surface area contributed by atoms with Gasteiger partial charge in [0.1, 0.15) is 0 Å². The standard InChI is InChI=1S/C15H12BrN3O/c1-11(20)15(17-13-9-7-12(16)8-10-13)19-18-14-5-3-2-4-6-14/h2-10H,1H3. The Morgan fingerprint density at radius 1 is 0.950 bits per heavy atom. The predicted molar refractivity (Wildman–Crippen MR) is 82.9 cm³/mol. The van der Waals surface area contributed by atoms with Crippen molar-refractivity contribution in [3.8, 4) is 0 Å². The molecule has 2 aromatic carbocycles. The van der Waals surface area contributed by atoms with Crippen LogP contribution in [0, 0.1) is 0 Å². The van der Waals surface area contributed by atoms with Crippen molar-refractivity contribution in [2.45, 2.75) is 6.92 Å². The fraction of sp³-hybridized carbons (Fsp3) is 0.0667. The minimum Gasteiger partial charge on any atom is -0.291 e. The molecule has 2 aromatic rings. The number of carbonyl (C=O) groups is 1. The SMILES string of the molecule is CC(=O)C(N=Nc1ccccc1)=Nc1ccc(Br)cc1. The van der Waals surface area contributed by atoms with E-state index in [1.54, 1.807) is 24.3 Å². The van der Waals surface area contributed by atoms with E-state index >= 15 is 0 Å². The third-order valence-electron chi connectivity index (χ3n) is 2.39. The van der Waals surface area contributed by atoms with Crippen molar-refractivity contribution < 1.29 is 4.79 Å². The molecule has 4 nitrogen and oxygen atoms in total. The van der Waals surface area contributed by atoms with Crippen LogP contribution in [0.2, 0.25) is 0 Å². The zero-order chi connectivity index (χ0) is 14.4. The number of halogens is 1. The maximum absolute atomic E-state index is 11.5. The van der Waals surface area contributed by atoms with Gasteiger partial charge in [0.05, 0.1) is 11.4 Å². The Labute approximate surface area is 125 Å². The molecule has 0 spiro atoms. The Kier molecular flexibility index (Phi) is 4.90. The largest absolute Gasteiger partial charge is 0.291 e. The number of rotatable bonds is 3. The molecule has 0 bridgehead atoms. The maximum Gasteiger partial charge on any atom is 0.218 e. The van der Waals surface area contributed by atoms with Crippen molar-refractivity contribution in [1.82, 2.24) is 0 Å². The van der Waals surface area contributed by atoms with E-state index in [1.807, 2.05) is 30.3 Å². The fourth-order valence-corrected chi connectivity index (χ4v) is 1.67. The van der Waals surface area contributed by atoms with Crippen LogP contribution in [-0.4, -0.2) is 11.6 Å². The second-order valence-corrected chi connectivity index (χ2v) is 4.92. The van der Waals surface area contributed by atoms with Gasteiger partial charge in [-0.05, 0) is 36.4 Å². The minimum atomic E-state index is -0.229. The van der Waals surface area contributed by atoms with E-state index in [4.69, 9.17) is 0 Å². The number of hydrogen-bond donors (Lipinski definition) is 0. The highest BCUT2D eigenvalue weighted by Gasteiger charge is 2.05. The normalized spacial score (nSPS) is 11.8. The molecular weight excluding hydrogens is 318 g/mol. The smallest absolute Gasteiger partial charge is 0.218 e. The van der Waals surface area contributed by atoms with Gasteiger partial charge in [-0.2, -0.15) is 0 Å². The average Bonchev–Trinajstić information content (AvgIpc) is 2.46. The van der Waals surface area contributed by atoms with Gasteiger partial charge in [0.25, 0.3) is 0 Å². The van der Waals surface area contributed by atoms with Crippen LogP contribution in [0.4, 0.5) is 11.4 Å². The van der Waals surface area contributed by atoms with Gasteiger partial charge in [-0.1, -0.05) is 34.1 Å². The molecule has 0 fully saturated rings. The van der Waals surface area contributed by atoms with Crippen molar-refractivity contribution in [2.24, 2.45) is 15.2 Å². The number of Topliss-reactive ketones (excluding diaryl/α,β-unsaturated/α-hetero) is 1. The summed E-state index contributed by atoms with van der Waals surface area (Å²) in [6, 6.07) is 16.5. The van der Waals surface area contributed by atoms with E-state index in [2.05, 4.69) is 31.2 Å². The van der Waals surface area contributed by atoms with Gasteiger partial charge in [-0.25, -0.2) is 4.99 Å². The molecule has 0 saturated heterocycles. The second-order valence-electron chi connectivity index (χ2n) is 4.00. The quantitative estimate of drug-likeness (QED) is 0.451. The van der Waals surface area contributed by atoms with Crippen LogP contribution in [0.25, 0.3) is 0 Å². The maximum atomic E-state index is 11.5. The molecule has 5 heteroatoms. The van der Waals surface area contributed by atoms with Gasteiger partial charge < -0.3 is 0 Å². The zero-order valence-electron chi connectivity index (χ0n) is 10.8. The molecule has 0 saturated carbocycles. The minimum absolute atomic E-state index is 0.0798. The molecule has 20 heavy (non-hydrogen) atoms. The van der Waals surface area contributed by atoms with Crippen LogP contribution in [0.15, 0.2) is 74.3 Å². The summed E-state index contributed by atoms with van der Waals surface area (Å²) < 4.78 is 0.951. The molecule has 0 aliphatic heterocycles. The van der Waals surface area contributed by atoms with Gasteiger partial charge in [-0.3, -0.25) is 4.79 Å². The van der Waals surface area contributed by atoms with E-state index < -0.39 is 0 Å². The number of benzene rings is 2. The molecule has 0 aliphatic carbocycles. The van der Waals surface area contributed by atoms with E-state index in [-0.39, 0.29) is 11.6 Å². The number of azo groups is 1. The first-order valence-corrected chi connectivity index (χ1v) is 6.76. The summed E-state index contributed by atoms with van der Waals surface area (Å²) in [5.41, 5.74) is 1.34. The Bertz CT molecular complexity index is 649. The molecule has 0 aliphatic rings. The second kappa shape index (κ2) is 6.86. The Morgan fingerprint density at radius 3 is 2.20 bits per heavy atom. The fourth-order valence-electron chi connectivity index (χ4n) is 1.41. The van der Waals surface area contributed by atoms with Gasteiger partial charge in [-0.15, -0.1) is 10.2 Å². The lowest BCUT2D eigenvalue weighted by atomic mass is 10.3. The number of amidine groups is 1. The van der Waals surface area contributed by atoms with Gasteiger partial charge in [0.15, 0.2) is 5.78 Å². The summed E-state index contributed by atoms with van der Waals surface area (Å²) >= 11 is 3.34. The van der Waals surface area contributed by atoms with Crippen LogP contribution < -0.4 is 0 Å². The summed E-state index contributed by atoms with van der Waals surface area (Å²) in [6.45, 7) is 1.42. The third kappa shape index (κ3) is 4.20. The topological polar surface area (TPSA) is 54.1 Å². The summed E-state index contributed by atoms with van der Waals surface area (Å²) in [5.74, 6) is -0.149. The first kappa shape index (κ1) is 14.3. The molecular formula is C15H12BrN3O. The van der Waals surface area contributed by atoms with Gasteiger partial charge in [0, 0.05) is 11.4 Å². The molecule has 0 heterocycles. The summed E-state index contributed by atoms with van der Waals surface area (Å²) in [4.78, 5) is 15.7. The van der Waals surface area contributed by atoms with Gasteiger partial charge >= 0.3 is 0 Å². The van der Waals surface area contributed by atoms with Gasteiger partial charge in [0.2, 0.25) is 5.84 Å². The van der Waals surface area contributed by atoms with Crippen LogP contribution in [0.1, 0.15) is 6.92 Å². The van der Waals surface area contributed by atoms with Crippen LogP contribution in [-0.2, 0) is 4.79 Å². The highest BCUT2D eigenvalue weighted by atomic mass is 79.9. The molecule has 0 amide bonds. The van der Waals surface area contributed by atoms with E-state index in [9.17, 15) is 4.79 Å². The lowest BCUT2D eigenvalue weighted by Crippen LogP contribution is -2.05. The van der Waals surface area contributed by atoms with E-state index in [0.717, 1.165) is 4.47 Å². The lowest BCUT2D eigenvalue weighted by molar-refractivity contribution is -0.111. The highest BCUT2D eigenvalue weighted by Crippen LogP contribution is 2.18. The van der Waals surface area contributed by atoms with Crippen molar-refractivity contribution in [1.29, 1.82) is 0 Å². The molecule has 0 atom stereocenters. The number of nitrogens with zero attached hydrogens (tertiary/aromatic N) is 3. The monoisotopic (exact) mass is 329 g/mol. The molecule has 100 valence electrons. The lowest BCUT2D eigenvalue weighted by Gasteiger charge is -1.97. The predicted octanol–water partition coefficient (Wildman–Crippen LogP) is 4.85. The third-order valence-corrected chi connectivity index (χ3v) is 2.92. The number of ketones is 1. The first-order valence-electron chi connectivity index (χ1n) is 5.97. The molecule has 0 radical (unpaired) electrons. The molecule has 0 unspecified atom stereocenters. The summed E-state index contributed by atoms with van der Waals surface area (Å²) in [7, 11) is 0. The van der Waals surface area contributed by atoms with Crippen molar-refractivity contribution >= 4 is 38.9 Å². The number of aliphatic imine (C=N–C) groups is 1. The summed E-state index contributed by atoms with van der Waals surface area (Å²) in [5, 5.41) is 7.93. The Balaban J connectivity index is 2.25. The van der Waals surface area contributed by atoms with Crippen LogP contribution in [0.3, 0.4) is 0 Å². The van der Waals surface area contributed by atoms with Crippen LogP contribution in [0.5, 0.6) is 0 Å². The molecule has 2 rings (SSSR count). The van der Waals surface area contributed by atoms with Crippen LogP contribution >= 0.6 is 15.9 Å². The number of carbonyl (C=O) groups excluding carboxylic acids is 1. The van der Waals surface area contributed by atoms with Crippen molar-refractivity contribution in [2.75, 3.05) is 0 Å². The Hall–Kier alpha value is -2.14. The number of hydrogen-bond acceptors (Lipinski definition) is 3. The first-order chi connectivity index (χ1) is 9.65. The van der Waals surface area contributed by atoms with E-state index in [0.29, 0.717) is 11.4 Å². The zero-order valence-corrected chi connectivity index (χ0v) is 12.4. The Morgan fingerprint density at radius 2 is 1.60 bits per heavy atom. The summed E-state index contributed by atoms with van der Waals surface area (Å²) in [6.07, 6.45) is 0. The average molecular weight is 330 g/mol. The molecule has 0 aromatic heterocycles. The van der Waals surface area contributed by atoms with E-state index in [1.165, 1.54) is 6.92 Å².